The van der Waals surface area contributed by atoms with Gasteiger partial charge in [-0.3, -0.25) is 9.59 Å². The summed E-state index contributed by atoms with van der Waals surface area (Å²) in [6, 6.07) is 20.6. The number of halogens is 1. The van der Waals surface area contributed by atoms with Crippen LogP contribution in [0.1, 0.15) is 29.2 Å². The van der Waals surface area contributed by atoms with Crippen LogP contribution < -0.4 is 0 Å². The van der Waals surface area contributed by atoms with Crippen molar-refractivity contribution in [3.05, 3.63) is 113 Å². The Balaban J connectivity index is 1.67. The van der Waals surface area contributed by atoms with E-state index in [9.17, 15) is 24.2 Å². The van der Waals surface area contributed by atoms with E-state index in [0.717, 1.165) is 5.56 Å². The lowest BCUT2D eigenvalue weighted by Crippen LogP contribution is -2.30. The Morgan fingerprint density at radius 1 is 0.906 bits per heavy atom. The number of aliphatic hydroxyl groups excluding tert-OH is 1. The molecule has 1 aliphatic rings. The third-order valence-electron chi connectivity index (χ3n) is 5.54. The highest BCUT2D eigenvalue weighted by molar-refractivity contribution is 6.09. The van der Waals surface area contributed by atoms with Gasteiger partial charge in [0.15, 0.2) is 11.5 Å². The number of nitrogens with zero attached hydrogens (tertiary/aromatic N) is 1. The molecule has 1 unspecified atom stereocenters. The molecule has 3 aromatic carbocycles. The first-order chi connectivity index (χ1) is 15.4. The van der Waals surface area contributed by atoms with Crippen LogP contribution in [0.25, 0.3) is 0 Å². The van der Waals surface area contributed by atoms with Gasteiger partial charge in [0, 0.05) is 13.0 Å². The van der Waals surface area contributed by atoms with Gasteiger partial charge >= 0.3 is 0 Å². The monoisotopic (exact) mass is 431 g/mol. The molecule has 1 aliphatic heterocycles. The molecule has 4 rings (SSSR count). The van der Waals surface area contributed by atoms with E-state index in [0.29, 0.717) is 17.5 Å². The van der Waals surface area contributed by atoms with Crippen LogP contribution in [-0.4, -0.2) is 26.8 Å². The number of hydrogen-bond acceptors (Lipinski definition) is 4. The number of aliphatic hydroxyl groups is 1. The van der Waals surface area contributed by atoms with Gasteiger partial charge in [0.25, 0.3) is 5.91 Å². The molecule has 0 spiro atoms. The first kappa shape index (κ1) is 21.3. The van der Waals surface area contributed by atoms with Gasteiger partial charge in [0.2, 0.25) is 0 Å². The molecule has 162 valence electrons. The minimum Gasteiger partial charge on any atom is -0.508 e. The standard InChI is InChI=1S/C26H22FNO4/c27-20-12-9-18(10-13-20)16-28-24(19-7-4-8-21(29)15-19)23(25(31)26(28)32)22(30)14-11-17-5-2-1-3-6-17/h1-10,12-13,15,24,29,31H,11,14,16H2. The molecule has 1 heterocycles. The molecule has 3 aromatic rings. The smallest absolute Gasteiger partial charge is 0.290 e. The topological polar surface area (TPSA) is 77.8 Å². The highest BCUT2D eigenvalue weighted by Gasteiger charge is 2.43. The normalized spacial score (nSPS) is 16.0. The summed E-state index contributed by atoms with van der Waals surface area (Å²) < 4.78 is 13.3. The largest absolute Gasteiger partial charge is 0.508 e. The SMILES string of the molecule is O=C(CCc1ccccc1)C1=C(O)C(=O)N(Cc2ccc(F)cc2)C1c1cccc(O)c1. The van der Waals surface area contributed by atoms with Crippen molar-refractivity contribution in [2.75, 3.05) is 0 Å². The van der Waals surface area contributed by atoms with E-state index in [4.69, 9.17) is 0 Å². The van der Waals surface area contributed by atoms with Crippen molar-refractivity contribution in [3.8, 4) is 5.75 Å². The number of rotatable bonds is 7. The number of aryl methyl sites for hydroxylation is 1. The van der Waals surface area contributed by atoms with E-state index in [-0.39, 0.29) is 30.1 Å². The Morgan fingerprint density at radius 2 is 1.62 bits per heavy atom. The zero-order chi connectivity index (χ0) is 22.7. The van der Waals surface area contributed by atoms with Crippen LogP contribution in [0.2, 0.25) is 0 Å². The van der Waals surface area contributed by atoms with Crippen molar-refractivity contribution in [1.29, 1.82) is 0 Å². The Morgan fingerprint density at radius 3 is 2.31 bits per heavy atom. The summed E-state index contributed by atoms with van der Waals surface area (Å²) in [5, 5.41) is 20.6. The molecular formula is C26H22FNO4. The zero-order valence-electron chi connectivity index (χ0n) is 17.2. The number of phenols is 1. The van der Waals surface area contributed by atoms with Crippen LogP contribution in [0.15, 0.2) is 90.2 Å². The van der Waals surface area contributed by atoms with Crippen molar-refractivity contribution in [2.24, 2.45) is 0 Å². The van der Waals surface area contributed by atoms with E-state index in [1.165, 1.54) is 29.2 Å². The Kier molecular flexibility index (Phi) is 6.03. The van der Waals surface area contributed by atoms with Crippen molar-refractivity contribution in [2.45, 2.75) is 25.4 Å². The second-order valence-electron chi connectivity index (χ2n) is 7.73. The average molecular weight is 431 g/mol. The van der Waals surface area contributed by atoms with E-state index in [1.807, 2.05) is 30.3 Å². The Hall–Kier alpha value is -3.93. The quantitative estimate of drug-likeness (QED) is 0.572. The van der Waals surface area contributed by atoms with Crippen LogP contribution in [0, 0.1) is 5.82 Å². The molecule has 1 atom stereocenters. The van der Waals surface area contributed by atoms with Crippen LogP contribution in [0.5, 0.6) is 5.75 Å². The molecular weight excluding hydrogens is 409 g/mol. The predicted molar refractivity (Wildman–Crippen MR) is 117 cm³/mol. The summed E-state index contributed by atoms with van der Waals surface area (Å²) in [6.07, 6.45) is 0.589. The highest BCUT2D eigenvalue weighted by atomic mass is 19.1. The number of aromatic hydroxyl groups is 1. The lowest BCUT2D eigenvalue weighted by molar-refractivity contribution is -0.130. The summed E-state index contributed by atoms with van der Waals surface area (Å²) >= 11 is 0. The molecule has 2 N–H and O–H groups in total. The second kappa shape index (κ2) is 9.06. The maximum atomic E-state index is 13.3. The number of phenolic OH excluding ortho intramolecular Hbond substituents is 1. The lowest BCUT2D eigenvalue weighted by Gasteiger charge is -2.27. The molecule has 0 radical (unpaired) electrons. The molecule has 0 aromatic heterocycles. The number of benzene rings is 3. The fraction of sp³-hybridized carbons (Fsp3) is 0.154. The van der Waals surface area contributed by atoms with Gasteiger partial charge in [0.1, 0.15) is 11.6 Å². The van der Waals surface area contributed by atoms with E-state index in [1.54, 1.807) is 24.3 Å². The summed E-state index contributed by atoms with van der Waals surface area (Å²) in [5.41, 5.74) is 2.14. The molecule has 6 heteroatoms. The van der Waals surface area contributed by atoms with E-state index >= 15 is 0 Å². The van der Waals surface area contributed by atoms with Crippen LogP contribution >= 0.6 is 0 Å². The number of amides is 1. The molecule has 0 saturated heterocycles. The lowest BCUT2D eigenvalue weighted by atomic mass is 9.93. The molecule has 0 bridgehead atoms. The summed E-state index contributed by atoms with van der Waals surface area (Å²) in [6.45, 7) is 0.0684. The zero-order valence-corrected chi connectivity index (χ0v) is 17.2. The van der Waals surface area contributed by atoms with Crippen molar-refractivity contribution in [1.82, 2.24) is 4.90 Å². The fourth-order valence-corrected chi connectivity index (χ4v) is 3.97. The molecule has 0 saturated carbocycles. The minimum absolute atomic E-state index is 0.0126. The Labute approximate surface area is 185 Å². The second-order valence-corrected chi connectivity index (χ2v) is 7.73. The van der Waals surface area contributed by atoms with Gasteiger partial charge in [-0.15, -0.1) is 0 Å². The van der Waals surface area contributed by atoms with Gasteiger partial charge in [-0.25, -0.2) is 4.39 Å². The minimum atomic E-state index is -0.858. The summed E-state index contributed by atoms with van der Waals surface area (Å²) in [4.78, 5) is 27.5. The van der Waals surface area contributed by atoms with Crippen molar-refractivity contribution in [3.63, 3.8) is 0 Å². The van der Waals surface area contributed by atoms with Gasteiger partial charge in [-0.2, -0.15) is 0 Å². The third kappa shape index (κ3) is 4.39. The fourth-order valence-electron chi connectivity index (χ4n) is 3.97. The number of carbonyl (C=O) groups excluding carboxylic acids is 2. The molecule has 0 aliphatic carbocycles. The van der Waals surface area contributed by atoms with Crippen LogP contribution in [0.4, 0.5) is 4.39 Å². The Bertz CT molecular complexity index is 1170. The average Bonchev–Trinajstić information content (AvgIpc) is 3.04. The molecule has 1 amide bonds. The van der Waals surface area contributed by atoms with Gasteiger partial charge < -0.3 is 15.1 Å². The molecule has 32 heavy (non-hydrogen) atoms. The maximum absolute atomic E-state index is 13.3. The summed E-state index contributed by atoms with van der Waals surface area (Å²) in [5.74, 6) is -2.01. The highest BCUT2D eigenvalue weighted by Crippen LogP contribution is 2.40. The first-order valence-corrected chi connectivity index (χ1v) is 10.3. The summed E-state index contributed by atoms with van der Waals surface area (Å²) in [7, 11) is 0. The van der Waals surface area contributed by atoms with Crippen LogP contribution in [0.3, 0.4) is 0 Å². The van der Waals surface area contributed by atoms with Gasteiger partial charge in [-0.1, -0.05) is 54.6 Å². The van der Waals surface area contributed by atoms with Crippen LogP contribution in [-0.2, 0) is 22.6 Å². The maximum Gasteiger partial charge on any atom is 0.290 e. The van der Waals surface area contributed by atoms with Gasteiger partial charge in [0.05, 0.1) is 11.6 Å². The van der Waals surface area contributed by atoms with Gasteiger partial charge in [-0.05, 0) is 47.4 Å². The van der Waals surface area contributed by atoms with Crippen molar-refractivity contribution < 1.29 is 24.2 Å². The number of hydrogen-bond donors (Lipinski definition) is 2. The van der Waals surface area contributed by atoms with E-state index < -0.39 is 23.5 Å². The number of ketones is 1. The molecule has 0 fully saturated rings. The number of Topliss-reactive ketones (excluding diaryl/α,β-unsaturated/α-hetero) is 1. The first-order valence-electron chi connectivity index (χ1n) is 10.3. The third-order valence-corrected chi connectivity index (χ3v) is 5.54. The van der Waals surface area contributed by atoms with E-state index in [2.05, 4.69) is 0 Å². The van der Waals surface area contributed by atoms with Crippen molar-refractivity contribution >= 4 is 11.7 Å². The predicted octanol–water partition coefficient (Wildman–Crippen LogP) is 4.63. The number of carbonyl (C=O) groups is 2. The molecule has 5 nitrogen and oxygen atoms in total.